The molecule has 0 aliphatic rings. The molecule has 1 heterocycles. The highest BCUT2D eigenvalue weighted by molar-refractivity contribution is 8.00. The van der Waals surface area contributed by atoms with Gasteiger partial charge in [-0.15, -0.1) is 23.1 Å². The average Bonchev–Trinajstić information content (AvgIpc) is 2.90. The maximum atomic E-state index is 11.8. The Morgan fingerprint density at radius 3 is 2.95 bits per heavy atom. The zero-order chi connectivity index (χ0) is 13.7. The molecule has 0 aliphatic carbocycles. The van der Waals surface area contributed by atoms with E-state index in [-0.39, 0.29) is 11.9 Å². The van der Waals surface area contributed by atoms with Crippen LogP contribution in [0, 0.1) is 0 Å². The summed E-state index contributed by atoms with van der Waals surface area (Å²) < 4.78 is 0. The lowest BCUT2D eigenvalue weighted by Gasteiger charge is -2.12. The highest BCUT2D eigenvalue weighted by Crippen LogP contribution is 2.21. The quantitative estimate of drug-likeness (QED) is 0.656. The van der Waals surface area contributed by atoms with Crippen LogP contribution in [-0.2, 0) is 4.79 Å². The summed E-state index contributed by atoms with van der Waals surface area (Å²) in [7, 11) is 0. The lowest BCUT2D eigenvalue weighted by atomic mass is 10.3. The number of carbonyl (C=O) groups excluding carboxylic acids is 1. The van der Waals surface area contributed by atoms with E-state index < -0.39 is 0 Å². The number of thioether (sulfide) groups is 1. The predicted molar refractivity (Wildman–Crippen MR) is 82.5 cm³/mol. The number of carbonyl (C=O) groups is 1. The molecule has 0 radical (unpaired) electrons. The Balaban J connectivity index is 1.82. The second kappa shape index (κ2) is 6.63. The smallest absolute Gasteiger partial charge is 0.230 e. The summed E-state index contributed by atoms with van der Waals surface area (Å²) in [5.41, 5.74) is 6.42. The fourth-order valence-electron chi connectivity index (χ4n) is 1.65. The SMILES string of the molecule is CC(NC(=O)CSc1cccc(N)c1)c1cccs1. The number of rotatable bonds is 5. The van der Waals surface area contributed by atoms with E-state index in [4.69, 9.17) is 5.73 Å². The normalized spacial score (nSPS) is 12.1. The Bertz CT molecular complexity index is 540. The molecule has 0 spiro atoms. The number of amides is 1. The number of anilines is 1. The summed E-state index contributed by atoms with van der Waals surface area (Å²) in [6.45, 7) is 1.99. The van der Waals surface area contributed by atoms with Crippen molar-refractivity contribution in [3.63, 3.8) is 0 Å². The van der Waals surface area contributed by atoms with E-state index >= 15 is 0 Å². The van der Waals surface area contributed by atoms with Gasteiger partial charge < -0.3 is 11.1 Å². The molecule has 2 aromatic rings. The molecule has 3 N–H and O–H groups in total. The fraction of sp³-hybridized carbons (Fsp3) is 0.214. The third-order valence-electron chi connectivity index (χ3n) is 2.58. The molecule has 2 rings (SSSR count). The van der Waals surface area contributed by atoms with Crippen molar-refractivity contribution in [2.45, 2.75) is 17.9 Å². The molecular formula is C14H16N2OS2. The van der Waals surface area contributed by atoms with Crippen molar-refractivity contribution in [2.75, 3.05) is 11.5 Å². The summed E-state index contributed by atoms with van der Waals surface area (Å²) >= 11 is 3.14. The van der Waals surface area contributed by atoms with Crippen LogP contribution in [0.4, 0.5) is 5.69 Å². The molecule has 0 saturated heterocycles. The summed E-state index contributed by atoms with van der Waals surface area (Å²) in [6, 6.07) is 11.6. The number of nitrogens with one attached hydrogen (secondary N) is 1. The molecule has 3 nitrogen and oxygen atoms in total. The van der Waals surface area contributed by atoms with Crippen molar-refractivity contribution in [3.8, 4) is 0 Å². The second-order valence-corrected chi connectivity index (χ2v) is 6.19. The van der Waals surface area contributed by atoms with Crippen molar-refractivity contribution < 1.29 is 4.79 Å². The topological polar surface area (TPSA) is 55.1 Å². The van der Waals surface area contributed by atoms with Gasteiger partial charge in [0.05, 0.1) is 11.8 Å². The minimum atomic E-state index is 0.0355. The highest BCUT2D eigenvalue weighted by atomic mass is 32.2. The number of benzene rings is 1. The van der Waals surface area contributed by atoms with Crippen LogP contribution < -0.4 is 11.1 Å². The van der Waals surface area contributed by atoms with Gasteiger partial charge in [0.1, 0.15) is 0 Å². The van der Waals surface area contributed by atoms with E-state index in [9.17, 15) is 4.79 Å². The van der Waals surface area contributed by atoms with Crippen LogP contribution in [-0.4, -0.2) is 11.7 Å². The summed E-state index contributed by atoms with van der Waals surface area (Å²) in [5, 5.41) is 5.00. The number of hydrogen-bond donors (Lipinski definition) is 2. The van der Waals surface area contributed by atoms with Crippen molar-refractivity contribution in [2.24, 2.45) is 0 Å². The molecule has 1 aromatic carbocycles. The van der Waals surface area contributed by atoms with Gasteiger partial charge >= 0.3 is 0 Å². The van der Waals surface area contributed by atoms with Crippen molar-refractivity contribution in [1.29, 1.82) is 0 Å². The number of thiophene rings is 1. The first kappa shape index (κ1) is 14.0. The molecule has 1 unspecified atom stereocenters. The molecular weight excluding hydrogens is 276 g/mol. The van der Waals surface area contributed by atoms with E-state index in [0.29, 0.717) is 5.75 Å². The minimum absolute atomic E-state index is 0.0355. The van der Waals surface area contributed by atoms with Crippen LogP contribution >= 0.6 is 23.1 Å². The van der Waals surface area contributed by atoms with E-state index in [2.05, 4.69) is 5.32 Å². The predicted octanol–water partition coefficient (Wildman–Crippen LogP) is 3.30. The van der Waals surface area contributed by atoms with Gasteiger partial charge in [0.15, 0.2) is 0 Å². The number of nitrogens with two attached hydrogens (primary N) is 1. The maximum Gasteiger partial charge on any atom is 0.230 e. The molecule has 1 atom stereocenters. The lowest BCUT2D eigenvalue weighted by Crippen LogP contribution is -2.27. The largest absolute Gasteiger partial charge is 0.399 e. The molecule has 0 aliphatic heterocycles. The minimum Gasteiger partial charge on any atom is -0.399 e. The van der Waals surface area contributed by atoms with Crippen molar-refractivity contribution in [1.82, 2.24) is 5.32 Å². The Labute approximate surface area is 121 Å². The fourth-order valence-corrected chi connectivity index (χ4v) is 3.15. The molecule has 1 amide bonds. The summed E-state index contributed by atoms with van der Waals surface area (Å²) in [4.78, 5) is 14.0. The first-order valence-electron chi connectivity index (χ1n) is 5.96. The van der Waals surface area contributed by atoms with Crippen LogP contribution in [0.3, 0.4) is 0 Å². The van der Waals surface area contributed by atoms with Crippen LogP contribution in [0.25, 0.3) is 0 Å². The van der Waals surface area contributed by atoms with E-state index in [0.717, 1.165) is 10.6 Å². The lowest BCUT2D eigenvalue weighted by molar-refractivity contribution is -0.119. The Hall–Kier alpha value is -1.46. The summed E-state index contributed by atoms with van der Waals surface area (Å²) in [5.74, 6) is 0.437. The number of nitrogen functional groups attached to an aromatic ring is 1. The Morgan fingerprint density at radius 1 is 1.42 bits per heavy atom. The molecule has 0 saturated carbocycles. The van der Waals surface area contributed by atoms with E-state index in [1.54, 1.807) is 11.3 Å². The Kier molecular flexibility index (Phi) is 4.87. The van der Waals surface area contributed by atoms with Crippen LogP contribution in [0.1, 0.15) is 17.8 Å². The van der Waals surface area contributed by atoms with Gasteiger partial charge in [0, 0.05) is 15.5 Å². The van der Waals surface area contributed by atoms with Crippen LogP contribution in [0.5, 0.6) is 0 Å². The first-order chi connectivity index (χ1) is 9.15. The molecule has 100 valence electrons. The monoisotopic (exact) mass is 292 g/mol. The molecule has 0 bridgehead atoms. The third kappa shape index (κ3) is 4.29. The highest BCUT2D eigenvalue weighted by Gasteiger charge is 2.10. The van der Waals surface area contributed by atoms with Gasteiger partial charge in [0.25, 0.3) is 0 Å². The molecule has 5 heteroatoms. The maximum absolute atomic E-state index is 11.8. The van der Waals surface area contributed by atoms with E-state index in [1.807, 2.05) is 48.7 Å². The Morgan fingerprint density at radius 2 is 2.26 bits per heavy atom. The van der Waals surface area contributed by atoms with Crippen molar-refractivity contribution >= 4 is 34.7 Å². The number of hydrogen-bond acceptors (Lipinski definition) is 4. The first-order valence-corrected chi connectivity index (χ1v) is 7.83. The molecule has 1 aromatic heterocycles. The standard InChI is InChI=1S/C14H16N2OS2/c1-10(13-6-3-7-18-13)16-14(17)9-19-12-5-2-4-11(15)8-12/h2-8,10H,9,15H2,1H3,(H,16,17). The zero-order valence-corrected chi connectivity index (χ0v) is 12.3. The van der Waals surface area contributed by atoms with Crippen molar-refractivity contribution in [3.05, 3.63) is 46.7 Å². The van der Waals surface area contributed by atoms with E-state index in [1.165, 1.54) is 16.6 Å². The van der Waals surface area contributed by atoms with Gasteiger partial charge in [-0.2, -0.15) is 0 Å². The van der Waals surface area contributed by atoms with Crippen LogP contribution in [0.2, 0.25) is 0 Å². The third-order valence-corrected chi connectivity index (χ3v) is 4.62. The molecule has 19 heavy (non-hydrogen) atoms. The van der Waals surface area contributed by atoms with Gasteiger partial charge in [-0.3, -0.25) is 4.79 Å². The van der Waals surface area contributed by atoms with Gasteiger partial charge in [-0.05, 0) is 36.6 Å². The van der Waals surface area contributed by atoms with Gasteiger partial charge in [0.2, 0.25) is 5.91 Å². The second-order valence-electron chi connectivity index (χ2n) is 4.17. The van der Waals surface area contributed by atoms with Gasteiger partial charge in [-0.25, -0.2) is 0 Å². The average molecular weight is 292 g/mol. The molecule has 0 fully saturated rings. The zero-order valence-electron chi connectivity index (χ0n) is 10.6. The van der Waals surface area contributed by atoms with Crippen LogP contribution in [0.15, 0.2) is 46.7 Å². The van der Waals surface area contributed by atoms with Gasteiger partial charge in [-0.1, -0.05) is 12.1 Å². The summed E-state index contributed by atoms with van der Waals surface area (Å²) in [6.07, 6.45) is 0.